The maximum atomic E-state index is 4.37. The van der Waals surface area contributed by atoms with E-state index in [-0.39, 0.29) is 0 Å². The van der Waals surface area contributed by atoms with Crippen LogP contribution in [-0.2, 0) is 0 Å². The van der Waals surface area contributed by atoms with Crippen LogP contribution in [0.25, 0.3) is 5.57 Å². The van der Waals surface area contributed by atoms with Gasteiger partial charge < -0.3 is 0 Å². The lowest BCUT2D eigenvalue weighted by molar-refractivity contribution is 0.641. The molecule has 0 saturated heterocycles. The number of benzene rings is 1. The molecule has 0 spiro atoms. The van der Waals surface area contributed by atoms with Crippen LogP contribution in [0.2, 0.25) is 0 Å². The SMILES string of the molecule is C=C/C=C\C(=C/C)C(CC(=C)C1=CCCC=C1)CC(=C)c1ccccc1.CC.CC.CC. The van der Waals surface area contributed by atoms with Crippen LogP contribution >= 0.6 is 0 Å². The van der Waals surface area contributed by atoms with Gasteiger partial charge in [0.2, 0.25) is 0 Å². The third kappa shape index (κ3) is 12.3. The number of hydrogen-bond acceptors (Lipinski definition) is 0. The van der Waals surface area contributed by atoms with Crippen LogP contribution in [0.1, 0.15) is 79.7 Å². The maximum absolute atomic E-state index is 4.37. The molecule has 1 aliphatic rings. The van der Waals surface area contributed by atoms with E-state index in [1.807, 2.05) is 59.8 Å². The zero-order valence-electron chi connectivity index (χ0n) is 22.0. The Morgan fingerprint density at radius 1 is 0.906 bits per heavy atom. The largest absolute Gasteiger partial charge is 0.0991 e. The van der Waals surface area contributed by atoms with Crippen molar-refractivity contribution < 1.29 is 0 Å². The fourth-order valence-corrected chi connectivity index (χ4v) is 3.34. The van der Waals surface area contributed by atoms with E-state index in [0.717, 1.165) is 25.7 Å². The summed E-state index contributed by atoms with van der Waals surface area (Å²) in [6.45, 7) is 26.6. The summed E-state index contributed by atoms with van der Waals surface area (Å²) < 4.78 is 0. The lowest BCUT2D eigenvalue weighted by atomic mass is 9.82. The molecule has 0 fully saturated rings. The average Bonchev–Trinajstić information content (AvgIpc) is 2.89. The Hall–Kier alpha value is -2.60. The third-order valence-corrected chi connectivity index (χ3v) is 4.80. The Balaban J connectivity index is 0. The molecule has 1 atom stereocenters. The van der Waals surface area contributed by atoms with E-state index in [1.165, 1.54) is 27.9 Å². The van der Waals surface area contributed by atoms with Gasteiger partial charge in [0.15, 0.2) is 0 Å². The lowest BCUT2D eigenvalue weighted by Gasteiger charge is -2.22. The van der Waals surface area contributed by atoms with Crippen LogP contribution in [-0.4, -0.2) is 0 Å². The minimum Gasteiger partial charge on any atom is -0.0991 e. The highest BCUT2D eigenvalue weighted by molar-refractivity contribution is 5.64. The molecule has 1 aromatic rings. The predicted octanol–water partition coefficient (Wildman–Crippen LogP) is 10.7. The molecule has 0 N–H and O–H groups in total. The van der Waals surface area contributed by atoms with E-state index in [9.17, 15) is 0 Å². The fourth-order valence-electron chi connectivity index (χ4n) is 3.34. The molecular weight excluding hydrogens is 384 g/mol. The fraction of sp³-hybridized carbons (Fsp3) is 0.375. The number of rotatable bonds is 9. The van der Waals surface area contributed by atoms with Crippen molar-refractivity contribution in [2.75, 3.05) is 0 Å². The highest BCUT2D eigenvalue weighted by atomic mass is 14.2. The Kier molecular flexibility index (Phi) is 21.3. The van der Waals surface area contributed by atoms with Crippen LogP contribution in [0.3, 0.4) is 0 Å². The van der Waals surface area contributed by atoms with Crippen LogP contribution in [0, 0.1) is 5.92 Å². The minimum atomic E-state index is 0.354. The average molecular weight is 433 g/mol. The molecule has 1 aliphatic carbocycles. The molecule has 176 valence electrons. The van der Waals surface area contributed by atoms with Gasteiger partial charge in [-0.3, -0.25) is 0 Å². The lowest BCUT2D eigenvalue weighted by Crippen LogP contribution is -2.07. The molecule has 0 bridgehead atoms. The molecule has 0 aliphatic heterocycles. The summed E-state index contributed by atoms with van der Waals surface area (Å²) in [5.41, 5.74) is 6.18. The van der Waals surface area contributed by atoms with Crippen molar-refractivity contribution in [1.82, 2.24) is 0 Å². The van der Waals surface area contributed by atoms with Gasteiger partial charge >= 0.3 is 0 Å². The molecule has 0 amide bonds. The van der Waals surface area contributed by atoms with Crippen molar-refractivity contribution in [2.24, 2.45) is 5.92 Å². The number of hydrogen-bond donors (Lipinski definition) is 0. The first-order valence-corrected chi connectivity index (χ1v) is 12.4. The molecule has 0 heteroatoms. The van der Waals surface area contributed by atoms with Crippen molar-refractivity contribution in [2.45, 2.75) is 74.1 Å². The molecule has 32 heavy (non-hydrogen) atoms. The molecule has 0 radical (unpaired) electrons. The first-order valence-electron chi connectivity index (χ1n) is 12.4. The molecule has 0 heterocycles. The molecule has 1 unspecified atom stereocenters. The van der Waals surface area contributed by atoms with Crippen LogP contribution < -0.4 is 0 Å². The maximum Gasteiger partial charge on any atom is -0.00843 e. The smallest absolute Gasteiger partial charge is 0.00843 e. The topological polar surface area (TPSA) is 0 Å². The molecule has 1 aromatic carbocycles. The molecule has 0 nitrogen and oxygen atoms in total. The minimum absolute atomic E-state index is 0.354. The Morgan fingerprint density at radius 2 is 1.50 bits per heavy atom. The summed E-state index contributed by atoms with van der Waals surface area (Å²) in [6.07, 6.45) is 19.0. The Morgan fingerprint density at radius 3 is 2.00 bits per heavy atom. The van der Waals surface area contributed by atoms with Crippen molar-refractivity contribution in [3.63, 3.8) is 0 Å². The third-order valence-electron chi connectivity index (χ3n) is 4.80. The van der Waals surface area contributed by atoms with Crippen LogP contribution in [0.4, 0.5) is 0 Å². The van der Waals surface area contributed by atoms with Crippen molar-refractivity contribution in [3.8, 4) is 0 Å². The summed E-state index contributed by atoms with van der Waals surface area (Å²) in [5, 5.41) is 0. The summed E-state index contributed by atoms with van der Waals surface area (Å²) in [6, 6.07) is 10.5. The highest BCUT2D eigenvalue weighted by Gasteiger charge is 2.17. The first-order chi connectivity index (χ1) is 15.7. The van der Waals surface area contributed by atoms with Gasteiger partial charge in [-0.2, -0.15) is 0 Å². The second-order valence-corrected chi connectivity index (χ2v) is 6.70. The second-order valence-electron chi connectivity index (χ2n) is 6.70. The van der Waals surface area contributed by atoms with E-state index >= 15 is 0 Å². The van der Waals surface area contributed by atoms with Gasteiger partial charge in [-0.1, -0.05) is 134 Å². The van der Waals surface area contributed by atoms with Gasteiger partial charge in [0.25, 0.3) is 0 Å². The van der Waals surface area contributed by atoms with Crippen molar-refractivity contribution in [3.05, 3.63) is 115 Å². The summed E-state index contributed by atoms with van der Waals surface area (Å²) in [5.74, 6) is 0.354. The normalized spacial score (nSPS) is 13.2. The van der Waals surface area contributed by atoms with Crippen molar-refractivity contribution in [1.29, 1.82) is 0 Å². The van der Waals surface area contributed by atoms with Gasteiger partial charge in [-0.25, -0.2) is 0 Å². The molecule has 2 rings (SSSR count). The monoisotopic (exact) mass is 432 g/mol. The zero-order chi connectivity index (χ0) is 24.8. The van der Waals surface area contributed by atoms with E-state index < -0.39 is 0 Å². The Labute approximate surface area is 200 Å². The second kappa shape index (κ2) is 21.6. The van der Waals surface area contributed by atoms with Gasteiger partial charge in [0.1, 0.15) is 0 Å². The Bertz CT molecular complexity index is 750. The van der Waals surface area contributed by atoms with Crippen molar-refractivity contribution >= 4 is 5.57 Å². The summed E-state index contributed by atoms with van der Waals surface area (Å²) >= 11 is 0. The van der Waals surface area contributed by atoms with Gasteiger partial charge in [-0.05, 0) is 66.4 Å². The van der Waals surface area contributed by atoms with E-state index in [2.05, 4.69) is 81.3 Å². The van der Waals surface area contributed by atoms with Gasteiger partial charge in [0, 0.05) is 0 Å². The van der Waals surface area contributed by atoms with Crippen LogP contribution in [0.5, 0.6) is 0 Å². The summed E-state index contributed by atoms with van der Waals surface area (Å²) in [4.78, 5) is 0. The van der Waals surface area contributed by atoms with E-state index in [1.54, 1.807) is 0 Å². The van der Waals surface area contributed by atoms with Gasteiger partial charge in [0.05, 0.1) is 0 Å². The zero-order valence-corrected chi connectivity index (χ0v) is 22.0. The highest BCUT2D eigenvalue weighted by Crippen LogP contribution is 2.33. The van der Waals surface area contributed by atoms with Crippen LogP contribution in [0.15, 0.2) is 109 Å². The standard InChI is InChI=1S/C26H30.3C2H6/c1-5-7-14-23(6-2)26(19-21(3)24-15-10-8-11-16-24)20-22(4)25-17-12-9-13-18-25;3*1-2/h5-8,10-12,14-18,26H,1,3-4,9,13,19-20H2,2H3;3*1-2H3/b14-7-,23-6+;;;. The van der Waals surface area contributed by atoms with E-state index in [4.69, 9.17) is 0 Å². The first kappa shape index (κ1) is 31.6. The molecular formula is C32H48. The quantitative estimate of drug-likeness (QED) is 0.340. The molecule has 0 aromatic heterocycles. The number of allylic oxidation sites excluding steroid dienone is 11. The molecule has 0 saturated carbocycles. The summed E-state index contributed by atoms with van der Waals surface area (Å²) in [7, 11) is 0. The van der Waals surface area contributed by atoms with Gasteiger partial charge in [-0.15, -0.1) is 0 Å². The van der Waals surface area contributed by atoms with E-state index in [0.29, 0.717) is 5.92 Å². The predicted molar refractivity (Wildman–Crippen MR) is 151 cm³/mol.